The predicted octanol–water partition coefficient (Wildman–Crippen LogP) is 2.79. The second-order valence-electron chi connectivity index (χ2n) is 8.04. The van der Waals surface area contributed by atoms with E-state index in [0.29, 0.717) is 29.8 Å². The Balaban J connectivity index is 2.27. The summed E-state index contributed by atoms with van der Waals surface area (Å²) in [6.07, 6.45) is -1.03. The van der Waals surface area contributed by atoms with Crippen LogP contribution in [0.25, 0.3) is 0 Å². The average Bonchev–Trinajstić information content (AvgIpc) is 2.73. The summed E-state index contributed by atoms with van der Waals surface area (Å²) in [6, 6.07) is 5.00. The highest BCUT2D eigenvalue weighted by molar-refractivity contribution is 5.92. The molecule has 32 heavy (non-hydrogen) atoms. The molecule has 1 saturated heterocycles. The Morgan fingerprint density at radius 1 is 1.12 bits per heavy atom. The van der Waals surface area contributed by atoms with Crippen LogP contribution < -0.4 is 10.1 Å². The molecule has 0 unspecified atom stereocenters. The maximum absolute atomic E-state index is 12.2. The highest BCUT2D eigenvalue weighted by atomic mass is 16.7. The molecule has 9 nitrogen and oxygen atoms in total. The van der Waals surface area contributed by atoms with Crippen LogP contribution in [0.4, 0.5) is 5.69 Å². The number of benzene rings is 1. The van der Waals surface area contributed by atoms with E-state index >= 15 is 0 Å². The summed E-state index contributed by atoms with van der Waals surface area (Å²) in [5.41, 5.74) is 1.05. The number of aliphatic hydroxyl groups is 1. The van der Waals surface area contributed by atoms with Gasteiger partial charge in [-0.15, -0.1) is 0 Å². The first-order chi connectivity index (χ1) is 15.2. The zero-order valence-electron chi connectivity index (χ0n) is 19.3. The lowest BCUT2D eigenvalue weighted by Gasteiger charge is -2.43. The number of hydrogen-bond donors (Lipinski definition) is 2. The molecule has 2 N–H and O–H groups in total. The van der Waals surface area contributed by atoms with Crippen LogP contribution in [0.5, 0.6) is 5.75 Å². The molecule has 0 bridgehead atoms. The Morgan fingerprint density at radius 2 is 1.84 bits per heavy atom. The number of anilines is 1. The third kappa shape index (κ3) is 6.93. The van der Waals surface area contributed by atoms with Crippen LogP contribution in [-0.2, 0) is 35.2 Å². The number of carbonyl (C=O) groups is 3. The number of aliphatic hydroxyl groups excluding tert-OH is 1. The van der Waals surface area contributed by atoms with Crippen molar-refractivity contribution >= 4 is 23.5 Å². The van der Waals surface area contributed by atoms with E-state index < -0.39 is 30.4 Å². The van der Waals surface area contributed by atoms with Crippen LogP contribution in [0.3, 0.4) is 0 Å². The minimum absolute atomic E-state index is 0.0895. The SMILES string of the molecule is CCCC(=O)Nc1cc(CO)ccc1O[C@H]1O[C@H](COC(C)=O)[C@@H](OC(C)=O)[C@H](C)[C@@H]1C. The Hall–Kier alpha value is -2.65. The van der Waals surface area contributed by atoms with Gasteiger partial charge in [-0.05, 0) is 24.1 Å². The van der Waals surface area contributed by atoms with Crippen molar-refractivity contribution in [2.75, 3.05) is 11.9 Å². The van der Waals surface area contributed by atoms with E-state index in [1.807, 2.05) is 20.8 Å². The number of rotatable bonds is 9. The van der Waals surface area contributed by atoms with Gasteiger partial charge >= 0.3 is 11.9 Å². The first kappa shape index (κ1) is 25.6. The van der Waals surface area contributed by atoms with Crippen LogP contribution in [0.2, 0.25) is 0 Å². The molecule has 0 spiro atoms. The molecule has 2 rings (SSSR count). The fraction of sp³-hybridized carbons (Fsp3) is 0.609. The molecular weight excluding hydrogens is 418 g/mol. The average molecular weight is 452 g/mol. The highest BCUT2D eigenvalue weighted by Gasteiger charge is 2.45. The zero-order chi connectivity index (χ0) is 23.8. The maximum atomic E-state index is 12.2. The van der Waals surface area contributed by atoms with Crippen LogP contribution in [0.15, 0.2) is 18.2 Å². The summed E-state index contributed by atoms with van der Waals surface area (Å²) in [7, 11) is 0. The van der Waals surface area contributed by atoms with Gasteiger partial charge in [0.2, 0.25) is 12.2 Å². The summed E-state index contributed by atoms with van der Waals surface area (Å²) in [5.74, 6) is -1.06. The lowest BCUT2D eigenvalue weighted by Crippen LogP contribution is -2.54. The van der Waals surface area contributed by atoms with E-state index in [1.54, 1.807) is 18.2 Å². The number of ether oxygens (including phenoxy) is 4. The Labute approximate surface area is 188 Å². The number of amides is 1. The summed E-state index contributed by atoms with van der Waals surface area (Å²) in [6.45, 7) is 8.06. The van der Waals surface area contributed by atoms with E-state index in [-0.39, 0.29) is 31.0 Å². The summed E-state index contributed by atoms with van der Waals surface area (Å²) in [4.78, 5) is 35.1. The normalized spacial score (nSPS) is 25.0. The fourth-order valence-corrected chi connectivity index (χ4v) is 3.54. The maximum Gasteiger partial charge on any atom is 0.303 e. The Morgan fingerprint density at radius 3 is 2.44 bits per heavy atom. The molecule has 0 aliphatic carbocycles. The van der Waals surface area contributed by atoms with Crippen molar-refractivity contribution in [1.82, 2.24) is 0 Å². The van der Waals surface area contributed by atoms with Crippen molar-refractivity contribution in [3.63, 3.8) is 0 Å². The van der Waals surface area contributed by atoms with Gasteiger partial charge in [0.15, 0.2) is 0 Å². The van der Waals surface area contributed by atoms with Crippen LogP contribution >= 0.6 is 0 Å². The Kier molecular flexibility index (Phi) is 9.46. The van der Waals surface area contributed by atoms with Crippen molar-refractivity contribution < 1.29 is 38.4 Å². The molecule has 1 aromatic carbocycles. The fourth-order valence-electron chi connectivity index (χ4n) is 3.54. The van der Waals surface area contributed by atoms with Crippen LogP contribution in [-0.4, -0.2) is 48.1 Å². The minimum Gasteiger partial charge on any atom is -0.463 e. The molecule has 5 atom stereocenters. The van der Waals surface area contributed by atoms with Gasteiger partial charge in [0.1, 0.15) is 24.6 Å². The van der Waals surface area contributed by atoms with Crippen molar-refractivity contribution in [1.29, 1.82) is 0 Å². The van der Waals surface area contributed by atoms with E-state index in [9.17, 15) is 19.5 Å². The predicted molar refractivity (Wildman–Crippen MR) is 116 cm³/mol. The number of carbonyl (C=O) groups excluding carboxylic acids is 3. The molecule has 0 radical (unpaired) electrons. The van der Waals surface area contributed by atoms with Gasteiger partial charge in [-0.1, -0.05) is 26.8 Å². The molecule has 1 heterocycles. The van der Waals surface area contributed by atoms with Crippen molar-refractivity contribution in [3.8, 4) is 5.75 Å². The van der Waals surface area contributed by atoms with Gasteiger partial charge in [0, 0.05) is 32.1 Å². The monoisotopic (exact) mass is 451 g/mol. The molecule has 1 amide bonds. The van der Waals surface area contributed by atoms with Gasteiger partial charge in [0.05, 0.1) is 12.3 Å². The first-order valence-corrected chi connectivity index (χ1v) is 10.8. The van der Waals surface area contributed by atoms with E-state index in [1.165, 1.54) is 13.8 Å². The summed E-state index contributed by atoms with van der Waals surface area (Å²) < 4.78 is 22.8. The zero-order valence-corrected chi connectivity index (χ0v) is 19.3. The van der Waals surface area contributed by atoms with Crippen LogP contribution in [0, 0.1) is 11.8 Å². The Bertz CT molecular complexity index is 811. The standard InChI is InChI=1S/C23H33NO8/c1-6-7-21(28)24-18-10-17(11-25)8-9-19(18)31-23-14(3)13(2)22(30-16(5)27)20(32-23)12-29-15(4)26/h8-10,13-14,20,22-23,25H,6-7,11-12H2,1-5H3,(H,24,28)/t13-,14+,20-,22+,23+/m1/s1. The molecule has 178 valence electrons. The van der Waals surface area contributed by atoms with Crippen molar-refractivity contribution in [2.24, 2.45) is 11.8 Å². The minimum atomic E-state index is -0.751. The molecule has 9 heteroatoms. The largest absolute Gasteiger partial charge is 0.463 e. The molecule has 0 aromatic heterocycles. The van der Waals surface area contributed by atoms with E-state index in [0.717, 1.165) is 0 Å². The lowest BCUT2D eigenvalue weighted by atomic mass is 9.84. The topological polar surface area (TPSA) is 120 Å². The van der Waals surface area contributed by atoms with Crippen LogP contribution in [0.1, 0.15) is 53.0 Å². The summed E-state index contributed by atoms with van der Waals surface area (Å²) >= 11 is 0. The van der Waals surface area contributed by atoms with Gasteiger partial charge in [-0.2, -0.15) is 0 Å². The molecule has 1 fully saturated rings. The highest BCUT2D eigenvalue weighted by Crippen LogP contribution is 2.36. The van der Waals surface area contributed by atoms with Crippen molar-refractivity contribution in [3.05, 3.63) is 23.8 Å². The smallest absolute Gasteiger partial charge is 0.303 e. The van der Waals surface area contributed by atoms with Crippen molar-refractivity contribution in [2.45, 2.75) is 72.6 Å². The number of nitrogens with one attached hydrogen (secondary N) is 1. The molecule has 1 aliphatic rings. The molecule has 0 saturated carbocycles. The third-order valence-corrected chi connectivity index (χ3v) is 5.43. The quantitative estimate of drug-likeness (QED) is 0.550. The van der Waals surface area contributed by atoms with E-state index in [4.69, 9.17) is 18.9 Å². The second-order valence-corrected chi connectivity index (χ2v) is 8.04. The van der Waals surface area contributed by atoms with E-state index in [2.05, 4.69) is 5.32 Å². The van der Waals surface area contributed by atoms with Gasteiger partial charge in [0.25, 0.3) is 0 Å². The van der Waals surface area contributed by atoms with Gasteiger partial charge in [-0.3, -0.25) is 14.4 Å². The van der Waals surface area contributed by atoms with Gasteiger partial charge in [-0.25, -0.2) is 0 Å². The first-order valence-electron chi connectivity index (χ1n) is 10.8. The van der Waals surface area contributed by atoms with Gasteiger partial charge < -0.3 is 29.4 Å². The summed E-state index contributed by atoms with van der Waals surface area (Å²) in [5, 5.41) is 12.3. The molecule has 1 aliphatic heterocycles. The molecule has 1 aromatic rings. The third-order valence-electron chi connectivity index (χ3n) is 5.43. The number of hydrogen-bond acceptors (Lipinski definition) is 8. The second kappa shape index (κ2) is 11.8. The number of esters is 2. The lowest BCUT2D eigenvalue weighted by molar-refractivity contribution is -0.247. The molecular formula is C23H33NO8.